The molecule has 3 aromatic heterocycles. The predicted octanol–water partition coefficient (Wildman–Crippen LogP) is 26.2. The Bertz CT molecular complexity index is 6030. The summed E-state index contributed by atoms with van der Waals surface area (Å²) in [5.41, 5.74) is 22.3. The Balaban J connectivity index is 0.000000119. The van der Waals surface area contributed by atoms with Crippen LogP contribution < -0.4 is 0 Å². The average Bonchev–Trinajstić information content (AvgIpc) is 1.60. The van der Waals surface area contributed by atoms with Gasteiger partial charge in [0.1, 0.15) is 16.7 Å². The lowest BCUT2D eigenvalue weighted by atomic mass is 9.96. The van der Waals surface area contributed by atoms with E-state index in [0.717, 1.165) is 60.7 Å². The molecule has 20 rings (SSSR count). The van der Waals surface area contributed by atoms with Crippen LogP contribution in [0.2, 0.25) is 0 Å². The molecule has 1 aliphatic carbocycles. The van der Waals surface area contributed by atoms with Gasteiger partial charge in [0.15, 0.2) is 5.58 Å². The number of hydrogen-bond donors (Lipinski definition) is 0. The van der Waals surface area contributed by atoms with Gasteiger partial charge in [0.05, 0.1) is 11.0 Å². The molecule has 4 heteroatoms. The van der Waals surface area contributed by atoms with Gasteiger partial charge in [-0.05, 0) is 148 Å². The Morgan fingerprint density at radius 3 is 1.15 bits per heavy atom. The van der Waals surface area contributed by atoms with E-state index >= 15 is 0 Å². The van der Waals surface area contributed by atoms with Gasteiger partial charge in [0.2, 0.25) is 0 Å². The predicted molar refractivity (Wildman–Crippen MR) is 403 cm³/mol. The van der Waals surface area contributed by atoms with E-state index in [-0.39, 0.29) is 7.43 Å². The summed E-state index contributed by atoms with van der Waals surface area (Å²) < 4.78 is 17.3. The molecule has 94 heavy (non-hydrogen) atoms. The van der Waals surface area contributed by atoms with Crippen LogP contribution in [0.5, 0.6) is 0 Å². The third-order valence-electron chi connectivity index (χ3n) is 18.9. The topological polar surface area (TPSA) is 31.2 Å². The number of furan rings is 2. The Hall–Kier alpha value is -11.6. The molecular weight excluding hydrogens is 1210 g/mol. The number of fused-ring (bicyclic) bond motifs is 24. The van der Waals surface area contributed by atoms with Gasteiger partial charge in [-0.2, -0.15) is 0 Å². The van der Waals surface area contributed by atoms with Crippen molar-refractivity contribution in [3.63, 3.8) is 0 Å². The second-order valence-electron chi connectivity index (χ2n) is 24.2. The molecule has 0 radical (unpaired) electrons. The fourth-order valence-electron chi connectivity index (χ4n) is 14.8. The fourth-order valence-corrected chi connectivity index (χ4v) is 15.3. The third kappa shape index (κ3) is 9.40. The van der Waals surface area contributed by atoms with Crippen LogP contribution in [0.1, 0.15) is 18.6 Å². The Morgan fingerprint density at radius 1 is 0.266 bits per heavy atom. The van der Waals surface area contributed by atoms with E-state index in [2.05, 4.69) is 336 Å². The van der Waals surface area contributed by atoms with Crippen molar-refractivity contribution in [3.05, 3.63) is 343 Å². The van der Waals surface area contributed by atoms with Gasteiger partial charge in [-0.15, -0.1) is 0 Å². The zero-order valence-electron chi connectivity index (χ0n) is 50.5. The second-order valence-corrected chi connectivity index (χ2v) is 25.2. The number of aromatic nitrogens is 1. The van der Waals surface area contributed by atoms with Gasteiger partial charge in [-0.1, -0.05) is 296 Å². The molecule has 0 saturated carbocycles. The molecule has 16 aromatic carbocycles. The molecule has 0 atom stereocenters. The van der Waals surface area contributed by atoms with Crippen molar-refractivity contribution in [1.82, 2.24) is 4.57 Å². The summed E-state index contributed by atoms with van der Waals surface area (Å²) in [6.45, 7) is 0. The quantitative estimate of drug-likeness (QED) is 0.161. The molecule has 3 nitrogen and oxygen atoms in total. The normalized spacial score (nSPS) is 11.8. The molecule has 0 spiro atoms. The first kappa shape index (κ1) is 56.4. The van der Waals surface area contributed by atoms with Crippen molar-refractivity contribution >= 4 is 125 Å². The number of halogens is 1. The minimum Gasteiger partial charge on any atom is -0.455 e. The zero-order valence-corrected chi connectivity index (χ0v) is 52.1. The SMILES string of the molecule is Brc1cc(-c2ccccc2)cc(-c2ccccc2)c1.C.c1ccc(-c2cc(-c3ccccc3)cc(-n3c4ccccc4c4ccc5c(oc6c7ccccc7c7ccccc7c56)c43)c2)cc1.c1ccc2c(c1)Cc1c-2ccc2c1oc1c3ccccc3c3ccccc3c21. The highest BCUT2D eigenvalue weighted by molar-refractivity contribution is 9.10. The number of hydrogen-bond acceptors (Lipinski definition) is 2. The summed E-state index contributed by atoms with van der Waals surface area (Å²) in [6, 6.07) is 117. The summed E-state index contributed by atoms with van der Waals surface area (Å²) in [5, 5.41) is 17.0. The molecule has 0 unspecified atom stereocenters. The first-order valence-electron chi connectivity index (χ1n) is 31.8. The summed E-state index contributed by atoms with van der Waals surface area (Å²) in [4.78, 5) is 0. The van der Waals surface area contributed by atoms with Crippen LogP contribution in [0.25, 0.3) is 170 Å². The van der Waals surface area contributed by atoms with Crippen molar-refractivity contribution in [2.75, 3.05) is 0 Å². The van der Waals surface area contributed by atoms with Gasteiger partial charge in [-0.25, -0.2) is 0 Å². The second kappa shape index (κ2) is 23.3. The van der Waals surface area contributed by atoms with Crippen LogP contribution >= 0.6 is 15.9 Å². The smallest absolute Gasteiger partial charge is 0.160 e. The summed E-state index contributed by atoms with van der Waals surface area (Å²) in [7, 11) is 0. The van der Waals surface area contributed by atoms with E-state index in [9.17, 15) is 0 Å². The number of nitrogens with zero attached hydrogens (tertiary/aromatic N) is 1. The molecule has 0 amide bonds. The molecule has 19 aromatic rings. The number of benzene rings is 16. The van der Waals surface area contributed by atoms with E-state index in [0.29, 0.717) is 0 Å². The van der Waals surface area contributed by atoms with Gasteiger partial charge >= 0.3 is 0 Å². The Morgan fingerprint density at radius 2 is 0.638 bits per heavy atom. The maximum atomic E-state index is 7.09. The lowest BCUT2D eigenvalue weighted by Crippen LogP contribution is -1.96. The summed E-state index contributed by atoms with van der Waals surface area (Å²) in [6.07, 6.45) is 0.943. The molecule has 3 heterocycles. The van der Waals surface area contributed by atoms with Gasteiger partial charge in [-0.3, -0.25) is 0 Å². The first-order valence-corrected chi connectivity index (χ1v) is 32.6. The summed E-state index contributed by atoms with van der Waals surface area (Å²) >= 11 is 3.61. The molecule has 0 bridgehead atoms. The molecule has 1 aliphatic rings. The van der Waals surface area contributed by atoms with E-state index < -0.39 is 0 Å². The largest absolute Gasteiger partial charge is 0.455 e. The van der Waals surface area contributed by atoms with Gasteiger partial charge in [0, 0.05) is 65.2 Å². The van der Waals surface area contributed by atoms with E-state index in [1.807, 2.05) is 12.1 Å². The van der Waals surface area contributed by atoms with E-state index in [4.69, 9.17) is 8.83 Å². The first-order chi connectivity index (χ1) is 46.1. The number of rotatable bonds is 5. The van der Waals surface area contributed by atoms with E-state index in [1.165, 1.54) is 131 Å². The summed E-state index contributed by atoms with van der Waals surface area (Å²) in [5.74, 6) is 0. The maximum absolute atomic E-state index is 7.09. The van der Waals surface area contributed by atoms with Crippen molar-refractivity contribution in [2.24, 2.45) is 0 Å². The molecular formula is C90H60BrNO2. The van der Waals surface area contributed by atoms with Gasteiger partial charge in [0.25, 0.3) is 0 Å². The van der Waals surface area contributed by atoms with E-state index in [1.54, 1.807) is 0 Å². The highest BCUT2D eigenvalue weighted by atomic mass is 79.9. The molecule has 0 N–H and O–H groups in total. The Labute approximate surface area is 552 Å². The molecule has 0 saturated heterocycles. The van der Waals surface area contributed by atoms with Crippen LogP contribution in [-0.4, -0.2) is 4.57 Å². The van der Waals surface area contributed by atoms with Crippen LogP contribution in [0, 0.1) is 0 Å². The third-order valence-corrected chi connectivity index (χ3v) is 19.4. The highest BCUT2D eigenvalue weighted by Gasteiger charge is 2.26. The van der Waals surface area contributed by atoms with Crippen molar-refractivity contribution < 1.29 is 8.83 Å². The monoisotopic (exact) mass is 1270 g/mol. The maximum Gasteiger partial charge on any atom is 0.160 e. The molecule has 0 fully saturated rings. The minimum absolute atomic E-state index is 0. The van der Waals surface area contributed by atoms with Crippen molar-refractivity contribution in [2.45, 2.75) is 13.8 Å². The highest BCUT2D eigenvalue weighted by Crippen LogP contribution is 2.49. The van der Waals surface area contributed by atoms with Crippen LogP contribution in [0.3, 0.4) is 0 Å². The van der Waals surface area contributed by atoms with Crippen LogP contribution in [-0.2, 0) is 6.42 Å². The molecule has 444 valence electrons. The number of para-hydroxylation sites is 1. The van der Waals surface area contributed by atoms with Gasteiger partial charge < -0.3 is 13.4 Å². The molecule has 0 aliphatic heterocycles. The minimum atomic E-state index is 0. The van der Waals surface area contributed by atoms with Crippen LogP contribution in [0.15, 0.2) is 341 Å². The Kier molecular flexibility index (Phi) is 14.0. The fraction of sp³-hybridized carbons (Fsp3) is 0.0222. The van der Waals surface area contributed by atoms with Crippen LogP contribution in [0.4, 0.5) is 0 Å². The van der Waals surface area contributed by atoms with Crippen molar-refractivity contribution in [3.8, 4) is 61.3 Å². The average molecular weight is 1270 g/mol. The zero-order chi connectivity index (χ0) is 61.5. The standard InChI is InChI=1S/C44H27NO.C27H16O.C18H13Br.CH4/c1-3-13-28(14-4-1)30-25-31(29-15-5-2-6-16-29)27-32(26-30)45-40-22-12-11-19-35(40)37-23-24-39-41-36-20-9-7-17-33(36)34-18-8-10-21-38(34)43(41)46-44(39)42(37)45;1-2-8-17-16(7-1)15-24-20(17)13-14-23-25-21-11-5-3-9-18(21)19-10-4-6-12-22(19)27(25)28-26(23)24;19-18-12-16(14-7-3-1-4-8-14)11-17(13-18)15-9-5-2-6-10-15;/h1-27H;1-14H,15H2;1-13H;1H4. The van der Waals surface area contributed by atoms with Crippen molar-refractivity contribution in [1.29, 1.82) is 0 Å². The lowest BCUT2D eigenvalue weighted by Gasteiger charge is -2.14. The lowest BCUT2D eigenvalue weighted by molar-refractivity contribution is 0.669.